The molecule has 2 N–H and O–H groups in total. The van der Waals surface area contributed by atoms with Gasteiger partial charge >= 0.3 is 0 Å². The van der Waals surface area contributed by atoms with Gasteiger partial charge in [0.15, 0.2) is 0 Å². The van der Waals surface area contributed by atoms with E-state index >= 15 is 0 Å². The lowest BCUT2D eigenvalue weighted by molar-refractivity contribution is -0.129. The molecule has 0 aromatic heterocycles. The van der Waals surface area contributed by atoms with Gasteiger partial charge in [-0.2, -0.15) is 5.10 Å². The largest absolute Gasteiger partial charge is 0.494 e. The van der Waals surface area contributed by atoms with E-state index in [0.29, 0.717) is 26.2 Å². The fourth-order valence-corrected chi connectivity index (χ4v) is 1.69. The highest BCUT2D eigenvalue weighted by molar-refractivity contribution is 5.97. The van der Waals surface area contributed by atoms with Gasteiger partial charge in [0.05, 0.1) is 12.8 Å². The minimum absolute atomic E-state index is 0.256. The van der Waals surface area contributed by atoms with Crippen LogP contribution >= 0.6 is 0 Å². The third-order valence-electron chi connectivity index (χ3n) is 2.76. The standard InChI is InChI=1S/C16H23N3O4/c1-3-23-14-7-5-13(6-8-14)12-18-19-16(21)11-15(20)17-9-4-10-22-2/h5-8,12H,3-4,9-11H2,1-2H3,(H,17,20)(H,19,21)/b18-12+. The minimum atomic E-state index is -0.462. The van der Waals surface area contributed by atoms with E-state index in [2.05, 4.69) is 15.8 Å². The average Bonchev–Trinajstić information content (AvgIpc) is 2.53. The monoisotopic (exact) mass is 321 g/mol. The van der Waals surface area contributed by atoms with E-state index in [1.165, 1.54) is 6.21 Å². The summed E-state index contributed by atoms with van der Waals surface area (Å²) in [5.74, 6) is -0.0230. The molecular formula is C16H23N3O4. The molecule has 0 aliphatic carbocycles. The van der Waals surface area contributed by atoms with E-state index in [1.807, 2.05) is 31.2 Å². The summed E-state index contributed by atoms with van der Waals surface area (Å²) < 4.78 is 10.2. The molecule has 0 unspecified atom stereocenters. The summed E-state index contributed by atoms with van der Waals surface area (Å²) in [6.45, 7) is 3.57. The molecule has 7 heteroatoms. The first-order valence-electron chi connectivity index (χ1n) is 7.46. The van der Waals surface area contributed by atoms with Crippen molar-refractivity contribution in [2.45, 2.75) is 19.8 Å². The first-order chi connectivity index (χ1) is 11.2. The van der Waals surface area contributed by atoms with Crippen molar-refractivity contribution in [3.8, 4) is 5.75 Å². The van der Waals surface area contributed by atoms with Crippen LogP contribution in [0.15, 0.2) is 29.4 Å². The second-order valence-electron chi connectivity index (χ2n) is 4.67. The lowest BCUT2D eigenvalue weighted by Crippen LogP contribution is -2.30. The lowest BCUT2D eigenvalue weighted by Gasteiger charge is -2.04. The molecule has 0 spiro atoms. The third kappa shape index (κ3) is 8.57. The number of ether oxygens (including phenoxy) is 2. The Morgan fingerprint density at radius 2 is 1.96 bits per heavy atom. The van der Waals surface area contributed by atoms with E-state index in [9.17, 15) is 9.59 Å². The van der Waals surface area contributed by atoms with Crippen LogP contribution in [0, 0.1) is 0 Å². The quantitative estimate of drug-likeness (QED) is 0.292. The molecule has 1 rings (SSSR count). The highest BCUT2D eigenvalue weighted by Crippen LogP contribution is 2.10. The van der Waals surface area contributed by atoms with Crippen LogP contribution in [0.1, 0.15) is 25.3 Å². The Labute approximate surface area is 136 Å². The van der Waals surface area contributed by atoms with E-state index in [1.54, 1.807) is 7.11 Å². The van der Waals surface area contributed by atoms with Crippen LogP contribution in [0.25, 0.3) is 0 Å². The van der Waals surface area contributed by atoms with Crippen LogP contribution in [0.5, 0.6) is 5.75 Å². The molecule has 0 aliphatic heterocycles. The smallest absolute Gasteiger partial charge is 0.249 e. The fraction of sp³-hybridized carbons (Fsp3) is 0.438. The van der Waals surface area contributed by atoms with Crippen molar-refractivity contribution in [3.05, 3.63) is 29.8 Å². The van der Waals surface area contributed by atoms with Gasteiger partial charge in [0.2, 0.25) is 11.8 Å². The molecule has 0 saturated heterocycles. The number of benzene rings is 1. The Morgan fingerprint density at radius 3 is 2.61 bits per heavy atom. The number of hydrogen-bond acceptors (Lipinski definition) is 5. The van der Waals surface area contributed by atoms with Gasteiger partial charge in [0.1, 0.15) is 12.2 Å². The summed E-state index contributed by atoms with van der Waals surface area (Å²) >= 11 is 0. The zero-order valence-electron chi connectivity index (χ0n) is 13.5. The van der Waals surface area contributed by atoms with Crippen molar-refractivity contribution < 1.29 is 19.1 Å². The molecule has 1 aromatic rings. The van der Waals surface area contributed by atoms with Gasteiger partial charge in [-0.25, -0.2) is 5.43 Å². The zero-order valence-corrected chi connectivity index (χ0v) is 13.5. The molecule has 1 aromatic carbocycles. The molecule has 0 atom stereocenters. The van der Waals surface area contributed by atoms with E-state index < -0.39 is 5.91 Å². The molecule has 0 saturated carbocycles. The number of hydrazone groups is 1. The Hall–Kier alpha value is -2.41. The number of hydrogen-bond donors (Lipinski definition) is 2. The predicted octanol–water partition coefficient (Wildman–Crippen LogP) is 1.08. The van der Waals surface area contributed by atoms with Crippen molar-refractivity contribution in [1.82, 2.24) is 10.7 Å². The first-order valence-corrected chi connectivity index (χ1v) is 7.46. The topological polar surface area (TPSA) is 89.0 Å². The van der Waals surface area contributed by atoms with Crippen molar-refractivity contribution in [2.75, 3.05) is 26.9 Å². The van der Waals surface area contributed by atoms with Crippen molar-refractivity contribution in [3.63, 3.8) is 0 Å². The summed E-state index contributed by atoms with van der Waals surface area (Å²) in [5, 5.41) is 6.44. The van der Waals surface area contributed by atoms with Crippen molar-refractivity contribution >= 4 is 18.0 Å². The molecule has 0 radical (unpaired) electrons. The van der Waals surface area contributed by atoms with Crippen LogP contribution in [0.4, 0.5) is 0 Å². The SMILES string of the molecule is CCOc1ccc(/C=N/NC(=O)CC(=O)NCCCOC)cc1. The number of nitrogens with one attached hydrogen (secondary N) is 2. The van der Waals surface area contributed by atoms with Gasteiger partial charge < -0.3 is 14.8 Å². The van der Waals surface area contributed by atoms with Gasteiger partial charge in [-0.3, -0.25) is 9.59 Å². The van der Waals surface area contributed by atoms with E-state index in [0.717, 1.165) is 11.3 Å². The van der Waals surface area contributed by atoms with Crippen LogP contribution in [0.2, 0.25) is 0 Å². The fourth-order valence-electron chi connectivity index (χ4n) is 1.69. The second-order valence-corrected chi connectivity index (χ2v) is 4.67. The Bertz CT molecular complexity index is 515. The van der Waals surface area contributed by atoms with E-state index in [4.69, 9.17) is 9.47 Å². The molecular weight excluding hydrogens is 298 g/mol. The number of methoxy groups -OCH3 is 1. The summed E-state index contributed by atoms with van der Waals surface area (Å²) in [6, 6.07) is 7.28. The highest BCUT2D eigenvalue weighted by Gasteiger charge is 2.07. The van der Waals surface area contributed by atoms with Gasteiger partial charge in [-0.15, -0.1) is 0 Å². The summed E-state index contributed by atoms with van der Waals surface area (Å²) in [6.07, 6.45) is 1.96. The van der Waals surface area contributed by atoms with Gasteiger partial charge in [0, 0.05) is 20.3 Å². The van der Waals surface area contributed by atoms with Crippen molar-refractivity contribution in [1.29, 1.82) is 0 Å². The Kier molecular flexibility index (Phi) is 9.07. The maximum Gasteiger partial charge on any atom is 0.249 e. The Balaban J connectivity index is 2.27. The maximum absolute atomic E-state index is 11.5. The molecule has 23 heavy (non-hydrogen) atoms. The second kappa shape index (κ2) is 11.2. The lowest BCUT2D eigenvalue weighted by atomic mass is 10.2. The molecule has 0 heterocycles. The predicted molar refractivity (Wildman–Crippen MR) is 87.5 cm³/mol. The number of amides is 2. The highest BCUT2D eigenvalue weighted by atomic mass is 16.5. The molecule has 126 valence electrons. The van der Waals surface area contributed by atoms with Crippen LogP contribution in [-0.2, 0) is 14.3 Å². The Morgan fingerprint density at radius 1 is 1.22 bits per heavy atom. The molecule has 2 amide bonds. The molecule has 0 bridgehead atoms. The maximum atomic E-state index is 11.5. The van der Waals surface area contributed by atoms with E-state index in [-0.39, 0.29) is 12.3 Å². The minimum Gasteiger partial charge on any atom is -0.494 e. The third-order valence-corrected chi connectivity index (χ3v) is 2.76. The number of carbonyl (C=O) groups excluding carboxylic acids is 2. The zero-order chi connectivity index (χ0) is 16.9. The number of nitrogens with zero attached hydrogens (tertiary/aromatic N) is 1. The molecule has 7 nitrogen and oxygen atoms in total. The number of rotatable bonds is 10. The average molecular weight is 321 g/mol. The van der Waals surface area contributed by atoms with Gasteiger partial charge in [-0.1, -0.05) is 0 Å². The van der Waals surface area contributed by atoms with Crippen LogP contribution in [-0.4, -0.2) is 44.9 Å². The normalized spacial score (nSPS) is 10.5. The summed E-state index contributed by atoms with van der Waals surface area (Å²) in [5.41, 5.74) is 3.13. The van der Waals surface area contributed by atoms with Crippen LogP contribution in [0.3, 0.4) is 0 Å². The summed E-state index contributed by atoms with van der Waals surface area (Å²) in [4.78, 5) is 23.0. The number of carbonyl (C=O) groups is 2. The molecule has 0 aliphatic rings. The first kappa shape index (κ1) is 18.6. The summed E-state index contributed by atoms with van der Waals surface area (Å²) in [7, 11) is 1.59. The van der Waals surface area contributed by atoms with Gasteiger partial charge in [-0.05, 0) is 43.2 Å². The molecule has 0 fully saturated rings. The van der Waals surface area contributed by atoms with Crippen LogP contribution < -0.4 is 15.5 Å². The van der Waals surface area contributed by atoms with Crippen molar-refractivity contribution in [2.24, 2.45) is 5.10 Å². The van der Waals surface area contributed by atoms with Gasteiger partial charge in [0.25, 0.3) is 0 Å².